The van der Waals surface area contributed by atoms with Crippen molar-refractivity contribution in [1.82, 2.24) is 0 Å². The van der Waals surface area contributed by atoms with E-state index in [1.165, 1.54) is 6.92 Å². The van der Waals surface area contributed by atoms with Crippen LogP contribution in [0.25, 0.3) is 0 Å². The Labute approximate surface area is 125 Å². The lowest BCUT2D eigenvalue weighted by molar-refractivity contribution is -0.143. The van der Waals surface area contributed by atoms with Crippen LogP contribution in [0.2, 0.25) is 0 Å². The van der Waals surface area contributed by atoms with Crippen LogP contribution in [-0.2, 0) is 14.3 Å². The van der Waals surface area contributed by atoms with E-state index in [0.717, 1.165) is 0 Å². The predicted molar refractivity (Wildman–Crippen MR) is 80.0 cm³/mol. The van der Waals surface area contributed by atoms with Gasteiger partial charge in [0.25, 0.3) is 0 Å². The summed E-state index contributed by atoms with van der Waals surface area (Å²) < 4.78 is 4.84. The SMILES string of the molecule is CCOC(=O)CCCCC(C(C)=O)C(=O)c1ccccc1. The minimum Gasteiger partial charge on any atom is -0.466 e. The van der Waals surface area contributed by atoms with Crippen molar-refractivity contribution in [3.8, 4) is 0 Å². The van der Waals surface area contributed by atoms with E-state index in [1.807, 2.05) is 6.07 Å². The number of unbranched alkanes of at least 4 members (excludes halogenated alkanes) is 1. The molecule has 0 fully saturated rings. The number of carbonyl (C=O) groups is 3. The van der Waals surface area contributed by atoms with Crippen molar-refractivity contribution >= 4 is 17.5 Å². The fourth-order valence-electron chi connectivity index (χ4n) is 2.17. The summed E-state index contributed by atoms with van der Waals surface area (Å²) in [7, 11) is 0. The number of esters is 1. The van der Waals surface area contributed by atoms with Gasteiger partial charge in [-0.05, 0) is 26.7 Å². The molecule has 0 aliphatic rings. The first-order chi connectivity index (χ1) is 10.1. The number of benzene rings is 1. The van der Waals surface area contributed by atoms with Gasteiger partial charge in [-0.2, -0.15) is 0 Å². The second kappa shape index (κ2) is 9.06. The van der Waals surface area contributed by atoms with Crippen LogP contribution in [0.4, 0.5) is 0 Å². The lowest BCUT2D eigenvalue weighted by Gasteiger charge is -2.12. The molecule has 1 atom stereocenters. The summed E-state index contributed by atoms with van der Waals surface area (Å²) in [5, 5.41) is 0. The maximum absolute atomic E-state index is 12.3. The minimum atomic E-state index is -0.616. The third-order valence-corrected chi connectivity index (χ3v) is 3.29. The minimum absolute atomic E-state index is 0.125. The summed E-state index contributed by atoms with van der Waals surface area (Å²) in [5.74, 6) is -1.11. The highest BCUT2D eigenvalue weighted by molar-refractivity contribution is 6.09. The number of hydrogen-bond acceptors (Lipinski definition) is 4. The molecule has 0 aliphatic heterocycles. The van der Waals surface area contributed by atoms with Gasteiger partial charge in [0.15, 0.2) is 5.78 Å². The van der Waals surface area contributed by atoms with E-state index in [1.54, 1.807) is 31.2 Å². The molecule has 114 valence electrons. The average Bonchev–Trinajstić information content (AvgIpc) is 2.47. The van der Waals surface area contributed by atoms with Crippen LogP contribution >= 0.6 is 0 Å². The maximum Gasteiger partial charge on any atom is 0.305 e. The first-order valence-electron chi connectivity index (χ1n) is 7.31. The second-order valence-corrected chi connectivity index (χ2v) is 4.94. The molecule has 0 heterocycles. The molecule has 1 aromatic carbocycles. The number of rotatable bonds is 9. The van der Waals surface area contributed by atoms with E-state index in [-0.39, 0.29) is 17.5 Å². The summed E-state index contributed by atoms with van der Waals surface area (Å²) in [5.41, 5.74) is 0.558. The number of ether oxygens (including phenoxy) is 1. The molecule has 1 unspecified atom stereocenters. The molecule has 0 amide bonds. The van der Waals surface area contributed by atoms with Gasteiger partial charge in [-0.15, -0.1) is 0 Å². The molecule has 0 radical (unpaired) electrons. The Morgan fingerprint density at radius 2 is 1.76 bits per heavy atom. The van der Waals surface area contributed by atoms with Gasteiger partial charge in [-0.25, -0.2) is 0 Å². The Morgan fingerprint density at radius 3 is 2.33 bits per heavy atom. The van der Waals surface area contributed by atoms with Crippen LogP contribution in [-0.4, -0.2) is 24.1 Å². The van der Waals surface area contributed by atoms with Crippen LogP contribution in [0.15, 0.2) is 30.3 Å². The lowest BCUT2D eigenvalue weighted by Crippen LogP contribution is -2.22. The predicted octanol–water partition coefficient (Wildman–Crippen LogP) is 3.20. The molecule has 4 nitrogen and oxygen atoms in total. The molecule has 21 heavy (non-hydrogen) atoms. The highest BCUT2D eigenvalue weighted by atomic mass is 16.5. The molecule has 0 aromatic heterocycles. The summed E-state index contributed by atoms with van der Waals surface area (Å²) in [4.78, 5) is 35.2. The third-order valence-electron chi connectivity index (χ3n) is 3.29. The van der Waals surface area contributed by atoms with E-state index in [9.17, 15) is 14.4 Å². The van der Waals surface area contributed by atoms with E-state index in [2.05, 4.69) is 0 Å². The van der Waals surface area contributed by atoms with Crippen molar-refractivity contribution in [2.24, 2.45) is 5.92 Å². The van der Waals surface area contributed by atoms with Gasteiger partial charge in [0, 0.05) is 12.0 Å². The number of carbonyl (C=O) groups excluding carboxylic acids is 3. The number of Topliss-reactive ketones (excluding diaryl/α,β-unsaturated/α-hetero) is 2. The van der Waals surface area contributed by atoms with Crippen molar-refractivity contribution < 1.29 is 19.1 Å². The van der Waals surface area contributed by atoms with Crippen LogP contribution in [0.3, 0.4) is 0 Å². The standard InChI is InChI=1S/C17H22O4/c1-3-21-16(19)12-8-7-11-15(13(2)18)17(20)14-9-5-4-6-10-14/h4-6,9-10,15H,3,7-8,11-12H2,1-2H3. The molecule has 1 rings (SSSR count). The Kier molecular flexibility index (Phi) is 7.37. The average molecular weight is 290 g/mol. The van der Waals surface area contributed by atoms with E-state index < -0.39 is 5.92 Å². The maximum atomic E-state index is 12.3. The lowest BCUT2D eigenvalue weighted by atomic mass is 9.89. The Morgan fingerprint density at radius 1 is 1.10 bits per heavy atom. The van der Waals surface area contributed by atoms with Crippen molar-refractivity contribution in [1.29, 1.82) is 0 Å². The molecule has 0 bridgehead atoms. The smallest absolute Gasteiger partial charge is 0.305 e. The van der Waals surface area contributed by atoms with Gasteiger partial charge in [0.05, 0.1) is 12.5 Å². The van der Waals surface area contributed by atoms with Gasteiger partial charge >= 0.3 is 5.97 Å². The summed E-state index contributed by atoms with van der Waals surface area (Å²) in [6, 6.07) is 8.84. The van der Waals surface area contributed by atoms with Gasteiger partial charge in [0.2, 0.25) is 0 Å². The molecular formula is C17H22O4. The summed E-state index contributed by atoms with van der Waals surface area (Å²) in [6.07, 6.45) is 2.09. The molecule has 4 heteroatoms. The summed E-state index contributed by atoms with van der Waals surface area (Å²) in [6.45, 7) is 3.58. The monoisotopic (exact) mass is 290 g/mol. The highest BCUT2D eigenvalue weighted by Gasteiger charge is 2.23. The number of ketones is 2. The molecule has 0 spiro atoms. The summed E-state index contributed by atoms with van der Waals surface area (Å²) >= 11 is 0. The van der Waals surface area contributed by atoms with Gasteiger partial charge in [0.1, 0.15) is 5.78 Å². The quantitative estimate of drug-likeness (QED) is 0.303. The van der Waals surface area contributed by atoms with E-state index >= 15 is 0 Å². The zero-order valence-electron chi connectivity index (χ0n) is 12.6. The van der Waals surface area contributed by atoms with Crippen molar-refractivity contribution in [2.45, 2.75) is 39.5 Å². The first-order valence-corrected chi connectivity index (χ1v) is 7.31. The molecule has 0 saturated carbocycles. The Bertz CT molecular complexity index is 479. The second-order valence-electron chi connectivity index (χ2n) is 4.94. The van der Waals surface area contributed by atoms with Crippen molar-refractivity contribution in [3.05, 3.63) is 35.9 Å². The first kappa shape index (κ1) is 17.1. The van der Waals surface area contributed by atoms with Crippen LogP contribution in [0.1, 0.15) is 49.9 Å². The molecule has 0 N–H and O–H groups in total. The van der Waals surface area contributed by atoms with E-state index in [0.29, 0.717) is 37.9 Å². The zero-order chi connectivity index (χ0) is 15.7. The zero-order valence-corrected chi connectivity index (χ0v) is 12.6. The normalized spacial score (nSPS) is 11.7. The molecule has 0 aliphatic carbocycles. The topological polar surface area (TPSA) is 60.4 Å². The van der Waals surface area contributed by atoms with Crippen molar-refractivity contribution in [2.75, 3.05) is 6.61 Å². The highest BCUT2D eigenvalue weighted by Crippen LogP contribution is 2.17. The van der Waals surface area contributed by atoms with Gasteiger partial charge in [-0.3, -0.25) is 14.4 Å². The molecule has 1 aromatic rings. The fourth-order valence-corrected chi connectivity index (χ4v) is 2.17. The van der Waals surface area contributed by atoms with Gasteiger partial charge in [-0.1, -0.05) is 36.8 Å². The Balaban J connectivity index is 2.49. The van der Waals surface area contributed by atoms with Crippen LogP contribution in [0.5, 0.6) is 0 Å². The van der Waals surface area contributed by atoms with Crippen molar-refractivity contribution in [3.63, 3.8) is 0 Å². The largest absolute Gasteiger partial charge is 0.466 e. The third kappa shape index (κ3) is 5.90. The fraction of sp³-hybridized carbons (Fsp3) is 0.471. The van der Waals surface area contributed by atoms with Crippen LogP contribution in [0, 0.1) is 5.92 Å². The molecular weight excluding hydrogens is 268 g/mol. The number of hydrogen-bond donors (Lipinski definition) is 0. The Hall–Kier alpha value is -1.97. The van der Waals surface area contributed by atoms with Gasteiger partial charge < -0.3 is 4.74 Å². The van der Waals surface area contributed by atoms with E-state index in [4.69, 9.17) is 4.74 Å². The molecule has 0 saturated heterocycles. The van der Waals surface area contributed by atoms with Crippen LogP contribution < -0.4 is 0 Å².